The molecule has 4 heterocycles. The lowest BCUT2D eigenvalue weighted by molar-refractivity contribution is -0.116. The van der Waals surface area contributed by atoms with Crippen molar-refractivity contribution in [2.75, 3.05) is 10.6 Å². The van der Waals surface area contributed by atoms with Gasteiger partial charge in [-0.1, -0.05) is 55.1 Å². The molecular weight excluding hydrogens is 508 g/mol. The Bertz CT molecular complexity index is 1300. The van der Waals surface area contributed by atoms with Crippen molar-refractivity contribution in [1.82, 2.24) is 30.4 Å². The van der Waals surface area contributed by atoms with Crippen molar-refractivity contribution in [3.05, 3.63) is 70.2 Å². The number of amides is 2. The number of anilines is 2. The molecule has 2 N–H and O–H groups in total. The Morgan fingerprint density at radius 3 is 1.86 bits per heavy atom. The molecule has 0 aliphatic rings. The molecule has 4 aromatic rings. The van der Waals surface area contributed by atoms with Gasteiger partial charge in [-0.2, -0.15) is 0 Å². The standard InChI is InChI=1S/C25H28N8O2S2/c1-3-8-17(23-31-33-25(37-23)29-21(35)15-19-10-5-7-12-27-19)13-16(2)22-30-32-24(36-22)28-20(34)14-18-9-4-6-11-26-18/h4-7,9-12,16-17H,3,8,13-15H2,1-2H3,(H,28,32,34)(H,29,33,35)/t16-,17-/m1/s1. The van der Waals surface area contributed by atoms with Crippen LogP contribution >= 0.6 is 22.7 Å². The average molecular weight is 537 g/mol. The molecule has 10 nitrogen and oxygen atoms in total. The van der Waals surface area contributed by atoms with Crippen molar-refractivity contribution in [3.8, 4) is 0 Å². The molecule has 4 rings (SSSR count). The van der Waals surface area contributed by atoms with E-state index in [-0.39, 0.29) is 36.5 Å². The van der Waals surface area contributed by atoms with Crippen LogP contribution in [0.5, 0.6) is 0 Å². The van der Waals surface area contributed by atoms with Crippen molar-refractivity contribution in [2.24, 2.45) is 0 Å². The van der Waals surface area contributed by atoms with Crippen molar-refractivity contribution in [2.45, 2.75) is 57.8 Å². The fraction of sp³-hybridized carbons (Fsp3) is 0.360. The van der Waals surface area contributed by atoms with Gasteiger partial charge in [0.25, 0.3) is 0 Å². The summed E-state index contributed by atoms with van der Waals surface area (Å²) in [5, 5.41) is 25.4. The number of carbonyl (C=O) groups excluding carboxylic acids is 2. The fourth-order valence-corrected chi connectivity index (χ4v) is 5.54. The van der Waals surface area contributed by atoms with E-state index in [1.165, 1.54) is 22.7 Å². The van der Waals surface area contributed by atoms with Crippen molar-refractivity contribution >= 4 is 44.8 Å². The normalized spacial score (nSPS) is 12.6. The van der Waals surface area contributed by atoms with E-state index in [4.69, 9.17) is 0 Å². The molecular formula is C25H28N8O2S2. The summed E-state index contributed by atoms with van der Waals surface area (Å²) < 4.78 is 0. The molecule has 0 saturated heterocycles. The molecule has 0 aromatic carbocycles. The van der Waals surface area contributed by atoms with Crippen LogP contribution in [0.25, 0.3) is 0 Å². The predicted molar refractivity (Wildman–Crippen MR) is 144 cm³/mol. The molecule has 0 unspecified atom stereocenters. The zero-order chi connectivity index (χ0) is 26.0. The van der Waals surface area contributed by atoms with Gasteiger partial charge in [0.2, 0.25) is 22.1 Å². The lowest BCUT2D eigenvalue weighted by atomic mass is 9.93. The van der Waals surface area contributed by atoms with E-state index >= 15 is 0 Å². The second-order valence-electron chi connectivity index (χ2n) is 8.61. The second-order valence-corrected chi connectivity index (χ2v) is 10.6. The van der Waals surface area contributed by atoms with E-state index in [1.54, 1.807) is 12.4 Å². The number of aromatic nitrogens is 6. The van der Waals surface area contributed by atoms with Crippen LogP contribution in [0.1, 0.15) is 66.3 Å². The fourth-order valence-electron chi connectivity index (χ4n) is 3.81. The second kappa shape index (κ2) is 13.1. The van der Waals surface area contributed by atoms with Gasteiger partial charge in [-0.25, -0.2) is 0 Å². The zero-order valence-corrected chi connectivity index (χ0v) is 22.3. The molecule has 4 aromatic heterocycles. The van der Waals surface area contributed by atoms with Gasteiger partial charge in [0, 0.05) is 35.6 Å². The van der Waals surface area contributed by atoms with Gasteiger partial charge in [-0.05, 0) is 37.1 Å². The Balaban J connectivity index is 1.33. The lowest BCUT2D eigenvalue weighted by Crippen LogP contribution is -2.14. The molecule has 0 aliphatic heterocycles. The monoisotopic (exact) mass is 536 g/mol. The lowest BCUT2D eigenvalue weighted by Gasteiger charge is -2.16. The summed E-state index contributed by atoms with van der Waals surface area (Å²) in [6.45, 7) is 4.23. The molecule has 37 heavy (non-hydrogen) atoms. The molecule has 0 aliphatic carbocycles. The highest BCUT2D eigenvalue weighted by Gasteiger charge is 2.23. The summed E-state index contributed by atoms with van der Waals surface area (Å²) in [7, 11) is 0. The summed E-state index contributed by atoms with van der Waals surface area (Å²) in [6.07, 6.45) is 6.43. The summed E-state index contributed by atoms with van der Waals surface area (Å²) in [4.78, 5) is 33.1. The van der Waals surface area contributed by atoms with Crippen molar-refractivity contribution < 1.29 is 9.59 Å². The van der Waals surface area contributed by atoms with Gasteiger partial charge in [-0.15, -0.1) is 20.4 Å². The first-order chi connectivity index (χ1) is 18.0. The van der Waals surface area contributed by atoms with Gasteiger partial charge < -0.3 is 10.6 Å². The van der Waals surface area contributed by atoms with Crippen LogP contribution in [-0.4, -0.2) is 42.2 Å². The third-order valence-electron chi connectivity index (χ3n) is 5.56. The molecule has 2 amide bonds. The summed E-state index contributed by atoms with van der Waals surface area (Å²) in [5.41, 5.74) is 1.40. The first kappa shape index (κ1) is 26.4. The van der Waals surface area contributed by atoms with E-state index < -0.39 is 0 Å². The number of carbonyl (C=O) groups is 2. The van der Waals surface area contributed by atoms with Gasteiger partial charge in [0.05, 0.1) is 12.8 Å². The minimum absolute atomic E-state index is 0.113. The van der Waals surface area contributed by atoms with E-state index in [0.29, 0.717) is 21.7 Å². The van der Waals surface area contributed by atoms with Gasteiger partial charge in [-0.3, -0.25) is 19.6 Å². The van der Waals surface area contributed by atoms with E-state index in [0.717, 1.165) is 29.3 Å². The van der Waals surface area contributed by atoms with Gasteiger partial charge in [0.1, 0.15) is 10.0 Å². The summed E-state index contributed by atoms with van der Waals surface area (Å²) in [6, 6.07) is 11.0. The molecule has 0 spiro atoms. The van der Waals surface area contributed by atoms with Crippen LogP contribution in [0, 0.1) is 0 Å². The highest BCUT2D eigenvalue weighted by atomic mass is 32.1. The average Bonchev–Trinajstić information content (AvgIpc) is 3.55. The minimum Gasteiger partial charge on any atom is -0.300 e. The predicted octanol–water partition coefficient (Wildman–Crippen LogP) is 4.62. The Morgan fingerprint density at radius 1 is 0.811 bits per heavy atom. The van der Waals surface area contributed by atoms with Crippen LogP contribution in [0.3, 0.4) is 0 Å². The van der Waals surface area contributed by atoms with E-state index in [1.807, 2.05) is 36.4 Å². The van der Waals surface area contributed by atoms with Crippen LogP contribution in [0.2, 0.25) is 0 Å². The number of nitrogens with zero attached hydrogens (tertiary/aromatic N) is 6. The minimum atomic E-state index is -0.176. The van der Waals surface area contributed by atoms with Crippen molar-refractivity contribution in [1.29, 1.82) is 0 Å². The largest absolute Gasteiger partial charge is 0.300 e. The Kier molecular flexibility index (Phi) is 9.33. The molecule has 2 atom stereocenters. The topological polar surface area (TPSA) is 136 Å². The molecule has 0 saturated carbocycles. The molecule has 0 fully saturated rings. The quantitative estimate of drug-likeness (QED) is 0.268. The number of nitrogens with one attached hydrogen (secondary N) is 2. The Labute approximate surface area is 223 Å². The maximum absolute atomic E-state index is 12.4. The highest BCUT2D eigenvalue weighted by Crippen LogP contribution is 2.36. The molecule has 192 valence electrons. The first-order valence-electron chi connectivity index (χ1n) is 12.1. The highest BCUT2D eigenvalue weighted by molar-refractivity contribution is 7.15. The van der Waals surface area contributed by atoms with Crippen molar-refractivity contribution in [3.63, 3.8) is 0 Å². The molecule has 0 radical (unpaired) electrons. The SMILES string of the molecule is CCC[C@H](C[C@@H](C)c1nnc(NC(=O)Cc2ccccn2)s1)c1nnc(NC(=O)Cc2ccccn2)s1. The molecule has 0 bridgehead atoms. The summed E-state index contributed by atoms with van der Waals surface area (Å²) >= 11 is 2.78. The Hall–Kier alpha value is -3.64. The third-order valence-corrected chi connectivity index (χ3v) is 7.63. The number of pyridine rings is 2. The maximum Gasteiger partial charge on any atom is 0.232 e. The number of rotatable bonds is 12. The number of hydrogen-bond donors (Lipinski definition) is 2. The zero-order valence-electron chi connectivity index (χ0n) is 20.6. The smallest absolute Gasteiger partial charge is 0.232 e. The summed E-state index contributed by atoms with van der Waals surface area (Å²) in [5.74, 6) is -0.0655. The maximum atomic E-state index is 12.4. The van der Waals surface area contributed by atoms with Gasteiger partial charge >= 0.3 is 0 Å². The first-order valence-corrected chi connectivity index (χ1v) is 13.7. The number of hydrogen-bond acceptors (Lipinski definition) is 10. The van der Waals surface area contributed by atoms with Crippen LogP contribution in [0.15, 0.2) is 48.8 Å². The van der Waals surface area contributed by atoms with E-state index in [2.05, 4.69) is 54.8 Å². The van der Waals surface area contributed by atoms with Crippen LogP contribution in [-0.2, 0) is 22.4 Å². The van der Waals surface area contributed by atoms with Crippen LogP contribution in [0.4, 0.5) is 10.3 Å². The Morgan fingerprint density at radius 2 is 1.35 bits per heavy atom. The third kappa shape index (κ3) is 7.92. The van der Waals surface area contributed by atoms with Crippen LogP contribution < -0.4 is 10.6 Å². The molecule has 12 heteroatoms. The van der Waals surface area contributed by atoms with Gasteiger partial charge in [0.15, 0.2) is 0 Å². The van der Waals surface area contributed by atoms with E-state index in [9.17, 15) is 9.59 Å².